The van der Waals surface area contributed by atoms with Gasteiger partial charge in [0, 0.05) is 11.1 Å². The fourth-order valence-electron chi connectivity index (χ4n) is 1.78. The Morgan fingerprint density at radius 2 is 1.80 bits per heavy atom. The van der Waals surface area contributed by atoms with Gasteiger partial charge in [0.15, 0.2) is 0 Å². The number of methoxy groups -OCH3 is 1. The van der Waals surface area contributed by atoms with E-state index in [9.17, 15) is 9.60 Å². The Labute approximate surface area is 125 Å². The molecule has 0 saturated carbocycles. The number of ether oxygens (including phenoxy) is 1. The summed E-state index contributed by atoms with van der Waals surface area (Å²) in [5, 5.41) is 12.6. The Hall–Kier alpha value is -1.78. The number of hydrogen-bond acceptors (Lipinski definition) is 3. The van der Waals surface area contributed by atoms with Gasteiger partial charge >= 0.3 is 0 Å². The lowest BCUT2D eigenvalue weighted by Crippen LogP contribution is -2.07. The molecule has 2 rings (SSSR count). The maximum Gasteiger partial charge on any atom is 0.139 e. The van der Waals surface area contributed by atoms with Crippen molar-refractivity contribution < 1.29 is 14.3 Å². The summed E-state index contributed by atoms with van der Waals surface area (Å²) in [6.45, 7) is 0. The number of nitrogens with zero attached hydrogens (tertiary/aromatic N) is 1. The molecule has 104 valence electrons. The number of hydrogen-bond donors (Lipinski definition) is 1. The Morgan fingerprint density at radius 1 is 1.10 bits per heavy atom. The van der Waals surface area contributed by atoms with E-state index >= 15 is 0 Å². The second-order valence-electron chi connectivity index (χ2n) is 3.87. The van der Waals surface area contributed by atoms with Crippen LogP contribution in [-0.2, 0) is 0 Å². The zero-order chi connectivity index (χ0) is 14.7. The van der Waals surface area contributed by atoms with Crippen molar-refractivity contribution in [3.05, 3.63) is 63.4 Å². The van der Waals surface area contributed by atoms with E-state index < -0.39 is 5.82 Å². The normalized spacial score (nSPS) is 11.5. The maximum atomic E-state index is 13.8. The first-order valence-corrected chi connectivity index (χ1v) is 6.35. The Kier molecular flexibility index (Phi) is 4.47. The average molecular weight is 314 g/mol. The van der Waals surface area contributed by atoms with Crippen molar-refractivity contribution in [1.82, 2.24) is 0 Å². The fourth-order valence-corrected chi connectivity index (χ4v) is 2.27. The fraction of sp³-hybridized carbons (Fsp3) is 0.0714. The van der Waals surface area contributed by atoms with Crippen LogP contribution in [0.2, 0.25) is 10.0 Å². The monoisotopic (exact) mass is 313 g/mol. The summed E-state index contributed by atoms with van der Waals surface area (Å²) in [6, 6.07) is 9.03. The van der Waals surface area contributed by atoms with Crippen LogP contribution in [0.4, 0.5) is 4.39 Å². The highest BCUT2D eigenvalue weighted by Crippen LogP contribution is 2.35. The molecule has 0 heterocycles. The minimum absolute atomic E-state index is 0.00217. The lowest BCUT2D eigenvalue weighted by Gasteiger charge is -2.11. The van der Waals surface area contributed by atoms with E-state index in [1.165, 1.54) is 25.3 Å². The molecule has 0 aromatic heterocycles. The molecule has 20 heavy (non-hydrogen) atoms. The second-order valence-corrected chi connectivity index (χ2v) is 4.63. The summed E-state index contributed by atoms with van der Waals surface area (Å²) in [4.78, 5) is 0. The van der Waals surface area contributed by atoms with Crippen LogP contribution in [0.5, 0.6) is 5.75 Å². The predicted molar refractivity (Wildman–Crippen MR) is 76.8 cm³/mol. The maximum absolute atomic E-state index is 13.8. The minimum Gasteiger partial charge on any atom is -0.495 e. The standard InChI is InChI=1S/C14H10Cl2FNO2/c1-20-11-7-6-9(12(15)13(11)16)14(18-19)8-4-2-3-5-10(8)17/h2-7,19H,1H3. The summed E-state index contributed by atoms with van der Waals surface area (Å²) < 4.78 is 18.8. The molecular weight excluding hydrogens is 304 g/mol. The molecule has 0 radical (unpaired) electrons. The molecule has 0 atom stereocenters. The van der Waals surface area contributed by atoms with Gasteiger partial charge < -0.3 is 9.94 Å². The molecule has 2 aromatic rings. The van der Waals surface area contributed by atoms with Gasteiger partial charge in [-0.3, -0.25) is 0 Å². The summed E-state index contributed by atoms with van der Waals surface area (Å²) in [6.07, 6.45) is 0. The van der Waals surface area contributed by atoms with E-state index in [0.29, 0.717) is 11.3 Å². The van der Waals surface area contributed by atoms with Gasteiger partial charge in [-0.15, -0.1) is 0 Å². The molecule has 0 bridgehead atoms. The highest BCUT2D eigenvalue weighted by Gasteiger charge is 2.19. The van der Waals surface area contributed by atoms with Gasteiger partial charge in [-0.05, 0) is 24.3 Å². The highest BCUT2D eigenvalue weighted by molar-refractivity contribution is 6.45. The Balaban J connectivity index is 2.61. The first-order chi connectivity index (χ1) is 9.60. The quantitative estimate of drug-likeness (QED) is 0.519. The molecule has 0 aliphatic carbocycles. The van der Waals surface area contributed by atoms with Crippen LogP contribution in [0, 0.1) is 5.82 Å². The van der Waals surface area contributed by atoms with Crippen LogP contribution >= 0.6 is 23.2 Å². The first kappa shape index (κ1) is 14.6. The van der Waals surface area contributed by atoms with Gasteiger partial charge in [0.05, 0.1) is 12.1 Å². The van der Waals surface area contributed by atoms with E-state index in [0.717, 1.165) is 0 Å². The molecular formula is C14H10Cl2FNO2. The molecule has 6 heteroatoms. The molecule has 0 saturated heterocycles. The van der Waals surface area contributed by atoms with Crippen molar-refractivity contribution in [1.29, 1.82) is 0 Å². The first-order valence-electron chi connectivity index (χ1n) is 5.59. The van der Waals surface area contributed by atoms with Crippen LogP contribution < -0.4 is 4.74 Å². The van der Waals surface area contributed by atoms with Crippen molar-refractivity contribution in [3.8, 4) is 5.75 Å². The third-order valence-electron chi connectivity index (χ3n) is 2.75. The molecule has 0 amide bonds. The SMILES string of the molecule is COc1ccc(C(=NO)c2ccccc2F)c(Cl)c1Cl. The molecule has 0 spiro atoms. The van der Waals surface area contributed by atoms with Crippen molar-refractivity contribution in [3.63, 3.8) is 0 Å². The lowest BCUT2D eigenvalue weighted by atomic mass is 10.0. The van der Waals surface area contributed by atoms with Crippen LogP contribution in [-0.4, -0.2) is 18.0 Å². The van der Waals surface area contributed by atoms with E-state index in [1.54, 1.807) is 18.2 Å². The van der Waals surface area contributed by atoms with Gasteiger partial charge in [-0.2, -0.15) is 0 Å². The van der Waals surface area contributed by atoms with Gasteiger partial charge in [-0.25, -0.2) is 4.39 Å². The summed E-state index contributed by atoms with van der Waals surface area (Å²) in [5.41, 5.74) is 0.431. The Morgan fingerprint density at radius 3 is 2.40 bits per heavy atom. The molecule has 0 aliphatic heterocycles. The van der Waals surface area contributed by atoms with Crippen LogP contribution in [0.3, 0.4) is 0 Å². The third kappa shape index (κ3) is 2.57. The number of oxime groups is 1. The van der Waals surface area contributed by atoms with E-state index in [4.69, 9.17) is 27.9 Å². The van der Waals surface area contributed by atoms with Crippen LogP contribution in [0.1, 0.15) is 11.1 Å². The summed E-state index contributed by atoms with van der Waals surface area (Å²) in [7, 11) is 1.45. The van der Waals surface area contributed by atoms with Crippen LogP contribution in [0.15, 0.2) is 41.6 Å². The molecule has 0 unspecified atom stereocenters. The van der Waals surface area contributed by atoms with Crippen molar-refractivity contribution >= 4 is 28.9 Å². The van der Waals surface area contributed by atoms with Gasteiger partial charge in [-0.1, -0.05) is 40.5 Å². The van der Waals surface area contributed by atoms with Crippen molar-refractivity contribution in [2.24, 2.45) is 5.16 Å². The molecule has 1 N–H and O–H groups in total. The minimum atomic E-state index is -0.525. The van der Waals surface area contributed by atoms with Crippen molar-refractivity contribution in [2.75, 3.05) is 7.11 Å². The van der Waals surface area contributed by atoms with Gasteiger partial charge in [0.25, 0.3) is 0 Å². The van der Waals surface area contributed by atoms with E-state index in [-0.39, 0.29) is 21.3 Å². The van der Waals surface area contributed by atoms with Gasteiger partial charge in [0.2, 0.25) is 0 Å². The van der Waals surface area contributed by atoms with Crippen LogP contribution in [0.25, 0.3) is 0 Å². The topological polar surface area (TPSA) is 41.8 Å². The zero-order valence-electron chi connectivity index (χ0n) is 10.4. The average Bonchev–Trinajstić information content (AvgIpc) is 2.46. The van der Waals surface area contributed by atoms with E-state index in [1.807, 2.05) is 0 Å². The molecule has 0 fully saturated rings. The third-order valence-corrected chi connectivity index (χ3v) is 3.62. The van der Waals surface area contributed by atoms with Crippen molar-refractivity contribution in [2.45, 2.75) is 0 Å². The summed E-state index contributed by atoms with van der Waals surface area (Å²) in [5.74, 6) is -0.144. The van der Waals surface area contributed by atoms with E-state index in [2.05, 4.69) is 5.16 Å². The second kappa shape index (κ2) is 6.11. The lowest BCUT2D eigenvalue weighted by molar-refractivity contribution is 0.319. The zero-order valence-corrected chi connectivity index (χ0v) is 11.9. The molecule has 0 aliphatic rings. The summed E-state index contributed by atoms with van der Waals surface area (Å²) >= 11 is 12.2. The smallest absolute Gasteiger partial charge is 0.139 e. The number of halogens is 3. The number of rotatable bonds is 3. The highest BCUT2D eigenvalue weighted by atomic mass is 35.5. The largest absolute Gasteiger partial charge is 0.495 e. The van der Waals surface area contributed by atoms with Gasteiger partial charge in [0.1, 0.15) is 22.3 Å². The Bertz CT molecular complexity index is 674. The molecule has 3 nitrogen and oxygen atoms in total. The number of benzene rings is 2. The predicted octanol–water partition coefficient (Wildman–Crippen LogP) is 4.37. The molecule has 2 aromatic carbocycles.